The summed E-state index contributed by atoms with van der Waals surface area (Å²) in [6.45, 7) is 2.83. The maximum absolute atomic E-state index is 13.3. The standard InChI is InChI=1S/C26H31N3O3/c1-19-17-27-29(18-19)23-12-9-21(10-13-23)26(30)28-15-5-4-6-22(28)11-7-20-8-14-24(31-2)25(16-20)32-3/h8-10,12-14,16-18,22H,4-7,11,15H2,1-3H3. The third-order valence-electron chi connectivity index (χ3n) is 6.19. The van der Waals surface area contributed by atoms with Crippen LogP contribution in [0.5, 0.6) is 11.5 Å². The van der Waals surface area contributed by atoms with Crippen LogP contribution in [0.15, 0.2) is 54.9 Å². The van der Waals surface area contributed by atoms with Gasteiger partial charge in [0.1, 0.15) is 0 Å². The number of aromatic nitrogens is 2. The molecule has 1 aliphatic rings. The minimum absolute atomic E-state index is 0.116. The molecule has 1 fully saturated rings. The molecule has 32 heavy (non-hydrogen) atoms. The number of likely N-dealkylation sites (tertiary alicyclic amines) is 1. The van der Waals surface area contributed by atoms with Gasteiger partial charge in [0.05, 0.1) is 26.1 Å². The summed E-state index contributed by atoms with van der Waals surface area (Å²) in [5.41, 5.74) is 3.99. The summed E-state index contributed by atoms with van der Waals surface area (Å²) in [6.07, 6.45) is 8.91. The number of nitrogens with zero attached hydrogens (tertiary/aromatic N) is 3. The highest BCUT2D eigenvalue weighted by molar-refractivity contribution is 5.94. The number of hydrogen-bond acceptors (Lipinski definition) is 4. The van der Waals surface area contributed by atoms with Crippen LogP contribution in [0.1, 0.15) is 47.2 Å². The number of carbonyl (C=O) groups excluding carboxylic acids is 1. The number of amides is 1. The molecule has 3 aromatic rings. The Balaban J connectivity index is 1.44. The quantitative estimate of drug-likeness (QED) is 0.536. The molecule has 0 aliphatic carbocycles. The molecule has 1 saturated heterocycles. The fourth-order valence-electron chi connectivity index (χ4n) is 4.41. The SMILES string of the molecule is COc1ccc(CCC2CCCCN2C(=O)c2ccc(-n3cc(C)cn3)cc2)cc1OC. The average molecular weight is 434 g/mol. The molecule has 6 heteroatoms. The van der Waals surface area contributed by atoms with Crippen LogP contribution < -0.4 is 9.47 Å². The maximum atomic E-state index is 13.3. The molecule has 1 aromatic heterocycles. The van der Waals surface area contributed by atoms with Gasteiger partial charge in [-0.25, -0.2) is 4.68 Å². The molecule has 1 unspecified atom stereocenters. The first kappa shape index (κ1) is 21.9. The molecule has 0 N–H and O–H groups in total. The molecule has 1 aliphatic heterocycles. The topological polar surface area (TPSA) is 56.6 Å². The highest BCUT2D eigenvalue weighted by atomic mass is 16.5. The van der Waals surface area contributed by atoms with Crippen molar-refractivity contribution in [3.8, 4) is 17.2 Å². The van der Waals surface area contributed by atoms with Crippen molar-refractivity contribution in [2.75, 3.05) is 20.8 Å². The first-order valence-corrected chi connectivity index (χ1v) is 11.2. The van der Waals surface area contributed by atoms with Crippen LogP contribution >= 0.6 is 0 Å². The van der Waals surface area contributed by atoms with Gasteiger partial charge in [-0.15, -0.1) is 0 Å². The zero-order chi connectivity index (χ0) is 22.5. The van der Waals surface area contributed by atoms with Gasteiger partial charge in [0, 0.05) is 24.3 Å². The van der Waals surface area contributed by atoms with E-state index in [4.69, 9.17) is 9.47 Å². The molecular weight excluding hydrogens is 402 g/mol. The van der Waals surface area contributed by atoms with Gasteiger partial charge in [-0.3, -0.25) is 4.79 Å². The van der Waals surface area contributed by atoms with Gasteiger partial charge in [-0.1, -0.05) is 6.07 Å². The van der Waals surface area contributed by atoms with Crippen molar-refractivity contribution in [3.63, 3.8) is 0 Å². The number of carbonyl (C=O) groups is 1. The lowest BCUT2D eigenvalue weighted by atomic mass is 9.95. The van der Waals surface area contributed by atoms with Gasteiger partial charge in [0.25, 0.3) is 5.91 Å². The highest BCUT2D eigenvalue weighted by Crippen LogP contribution is 2.29. The van der Waals surface area contributed by atoms with Crippen LogP contribution in [0.4, 0.5) is 0 Å². The molecule has 0 saturated carbocycles. The van der Waals surface area contributed by atoms with Crippen LogP contribution in [0.25, 0.3) is 5.69 Å². The lowest BCUT2D eigenvalue weighted by Gasteiger charge is -2.36. The summed E-state index contributed by atoms with van der Waals surface area (Å²) >= 11 is 0. The monoisotopic (exact) mass is 433 g/mol. The van der Waals surface area contributed by atoms with Crippen molar-refractivity contribution in [1.82, 2.24) is 14.7 Å². The lowest BCUT2D eigenvalue weighted by Crippen LogP contribution is -2.44. The summed E-state index contributed by atoms with van der Waals surface area (Å²) in [5.74, 6) is 1.60. The molecular formula is C26H31N3O3. The van der Waals surface area contributed by atoms with E-state index in [1.807, 2.05) is 60.4 Å². The summed E-state index contributed by atoms with van der Waals surface area (Å²) < 4.78 is 12.6. The van der Waals surface area contributed by atoms with E-state index in [-0.39, 0.29) is 11.9 Å². The average Bonchev–Trinajstić information content (AvgIpc) is 3.28. The van der Waals surface area contributed by atoms with E-state index >= 15 is 0 Å². The van der Waals surface area contributed by atoms with E-state index in [1.54, 1.807) is 14.2 Å². The zero-order valence-corrected chi connectivity index (χ0v) is 19.1. The largest absolute Gasteiger partial charge is 0.493 e. The number of piperidine rings is 1. The highest BCUT2D eigenvalue weighted by Gasteiger charge is 2.27. The molecule has 168 valence electrons. The van der Waals surface area contributed by atoms with Crippen molar-refractivity contribution in [2.45, 2.75) is 45.1 Å². The molecule has 4 rings (SSSR count). The van der Waals surface area contributed by atoms with E-state index in [9.17, 15) is 4.79 Å². The summed E-state index contributed by atoms with van der Waals surface area (Å²) in [7, 11) is 3.30. The fourth-order valence-corrected chi connectivity index (χ4v) is 4.41. The Morgan fingerprint density at radius 1 is 1.06 bits per heavy atom. The van der Waals surface area contributed by atoms with E-state index in [1.165, 1.54) is 5.56 Å². The van der Waals surface area contributed by atoms with E-state index in [2.05, 4.69) is 16.1 Å². The minimum atomic E-state index is 0.116. The van der Waals surface area contributed by atoms with E-state index in [0.717, 1.165) is 67.0 Å². The van der Waals surface area contributed by atoms with Crippen molar-refractivity contribution in [3.05, 3.63) is 71.5 Å². The lowest BCUT2D eigenvalue weighted by molar-refractivity contribution is 0.0602. The van der Waals surface area contributed by atoms with E-state index in [0.29, 0.717) is 0 Å². The summed E-state index contributed by atoms with van der Waals surface area (Å²) in [5, 5.41) is 4.34. The van der Waals surface area contributed by atoms with Gasteiger partial charge in [-0.2, -0.15) is 5.10 Å². The maximum Gasteiger partial charge on any atom is 0.254 e. The van der Waals surface area contributed by atoms with Crippen LogP contribution in [0.2, 0.25) is 0 Å². The molecule has 0 bridgehead atoms. The Labute approximate surface area is 189 Å². The third-order valence-corrected chi connectivity index (χ3v) is 6.19. The van der Waals surface area contributed by atoms with Crippen molar-refractivity contribution >= 4 is 5.91 Å². The number of rotatable bonds is 7. The predicted molar refractivity (Wildman–Crippen MR) is 125 cm³/mol. The van der Waals surface area contributed by atoms with Crippen LogP contribution in [-0.4, -0.2) is 47.4 Å². The normalized spacial score (nSPS) is 16.1. The van der Waals surface area contributed by atoms with Crippen molar-refractivity contribution in [1.29, 1.82) is 0 Å². The van der Waals surface area contributed by atoms with Gasteiger partial charge >= 0.3 is 0 Å². The molecule has 1 amide bonds. The number of ether oxygens (including phenoxy) is 2. The van der Waals surface area contributed by atoms with Gasteiger partial charge < -0.3 is 14.4 Å². The Hall–Kier alpha value is -3.28. The summed E-state index contributed by atoms with van der Waals surface area (Å²) in [6, 6.07) is 14.0. The van der Waals surface area contributed by atoms with Gasteiger partial charge in [0.2, 0.25) is 0 Å². The molecule has 2 aromatic carbocycles. The number of hydrogen-bond donors (Lipinski definition) is 0. The Bertz CT molecular complexity index is 1060. The first-order chi connectivity index (χ1) is 15.6. The second kappa shape index (κ2) is 9.90. The first-order valence-electron chi connectivity index (χ1n) is 11.2. The van der Waals surface area contributed by atoms with Crippen LogP contribution in [-0.2, 0) is 6.42 Å². The second-order valence-corrected chi connectivity index (χ2v) is 8.39. The predicted octanol–water partition coefficient (Wildman–Crippen LogP) is 4.83. The van der Waals surface area contributed by atoms with Gasteiger partial charge in [-0.05, 0) is 86.6 Å². The zero-order valence-electron chi connectivity index (χ0n) is 19.1. The number of benzene rings is 2. The fraction of sp³-hybridized carbons (Fsp3) is 0.385. The minimum Gasteiger partial charge on any atom is -0.493 e. The molecule has 6 nitrogen and oxygen atoms in total. The Morgan fingerprint density at radius 3 is 2.53 bits per heavy atom. The Morgan fingerprint density at radius 2 is 1.84 bits per heavy atom. The Kier molecular flexibility index (Phi) is 6.78. The third kappa shape index (κ3) is 4.79. The van der Waals surface area contributed by atoms with Crippen molar-refractivity contribution < 1.29 is 14.3 Å². The molecule has 1 atom stereocenters. The number of methoxy groups -OCH3 is 2. The molecule has 0 radical (unpaired) electrons. The smallest absolute Gasteiger partial charge is 0.254 e. The molecule has 2 heterocycles. The van der Waals surface area contributed by atoms with Crippen LogP contribution in [0.3, 0.4) is 0 Å². The summed E-state index contributed by atoms with van der Waals surface area (Å²) in [4.78, 5) is 15.4. The molecule has 0 spiro atoms. The number of aryl methyl sites for hydroxylation is 2. The van der Waals surface area contributed by atoms with Gasteiger partial charge in [0.15, 0.2) is 11.5 Å². The van der Waals surface area contributed by atoms with E-state index < -0.39 is 0 Å². The van der Waals surface area contributed by atoms with Crippen molar-refractivity contribution in [2.24, 2.45) is 0 Å². The van der Waals surface area contributed by atoms with Crippen LogP contribution in [0, 0.1) is 6.92 Å². The second-order valence-electron chi connectivity index (χ2n) is 8.39.